The minimum atomic E-state index is -0.995. The van der Waals surface area contributed by atoms with E-state index < -0.39 is 11.6 Å². The normalized spacial score (nSPS) is 22.9. The predicted molar refractivity (Wildman–Crippen MR) is 86.3 cm³/mol. The van der Waals surface area contributed by atoms with Crippen molar-refractivity contribution in [2.75, 3.05) is 27.2 Å². The van der Waals surface area contributed by atoms with Gasteiger partial charge in [0.2, 0.25) is 0 Å². The minimum absolute atomic E-state index is 0.111. The number of carbonyl (C=O) groups excluding carboxylic acids is 2. The molecule has 4 N–H and O–H groups in total. The highest BCUT2D eigenvalue weighted by molar-refractivity contribution is 6.21. The Bertz CT molecular complexity index is 551. The van der Waals surface area contributed by atoms with E-state index in [4.69, 9.17) is 22.4 Å². The van der Waals surface area contributed by atoms with E-state index >= 15 is 0 Å². The lowest BCUT2D eigenvalue weighted by atomic mass is 10.3. The first-order valence-corrected chi connectivity index (χ1v) is 8.11. The van der Waals surface area contributed by atoms with Crippen LogP contribution in [0.15, 0.2) is 16.5 Å². The molecule has 0 bridgehead atoms. The van der Waals surface area contributed by atoms with Crippen LogP contribution in [-0.2, 0) is 9.59 Å². The molecule has 0 saturated carbocycles. The first kappa shape index (κ1) is 20.2. The number of amides is 1. The number of quaternary nitrogens is 1. The fourth-order valence-corrected chi connectivity index (χ4v) is 2.48. The number of nitrogens with one attached hydrogen (secondary N) is 1. The molecule has 0 aliphatic carbocycles. The number of aliphatic hydroxyl groups is 1. The third-order valence-electron chi connectivity index (χ3n) is 3.68. The monoisotopic (exact) mass is 361 g/mol. The average Bonchev–Trinajstić information content (AvgIpc) is 2.78. The zero-order chi connectivity index (χ0) is 18.4. The molecule has 0 spiro atoms. The molecule has 136 valence electrons. The SMILES string of the molecule is CCC(=O)[O-].CN1C2=C(N=C(N)[NH+](C)C2=O)N(CCCCO)C1Cl. The summed E-state index contributed by atoms with van der Waals surface area (Å²) in [6.45, 7) is 2.30. The number of guanidine groups is 1. The van der Waals surface area contributed by atoms with Crippen molar-refractivity contribution < 1.29 is 24.7 Å². The zero-order valence-electron chi connectivity index (χ0n) is 14.1. The van der Waals surface area contributed by atoms with Crippen molar-refractivity contribution in [3.05, 3.63) is 11.5 Å². The lowest BCUT2D eigenvalue weighted by Crippen LogP contribution is -3.16. The number of likely N-dealkylation sites (N-methyl/N-ethyl adjacent to an activating group) is 2. The Hall–Kier alpha value is -1.84. The highest BCUT2D eigenvalue weighted by atomic mass is 35.5. The van der Waals surface area contributed by atoms with Crippen LogP contribution in [0.2, 0.25) is 0 Å². The Balaban J connectivity index is 0.000000505. The van der Waals surface area contributed by atoms with Gasteiger partial charge in [0.15, 0.2) is 17.1 Å². The first-order chi connectivity index (χ1) is 11.3. The number of halogens is 1. The molecule has 2 heterocycles. The summed E-state index contributed by atoms with van der Waals surface area (Å²) in [5, 5.41) is 18.1. The molecular formula is C14H24ClN5O4. The van der Waals surface area contributed by atoms with Gasteiger partial charge in [-0.25, -0.2) is 9.69 Å². The summed E-state index contributed by atoms with van der Waals surface area (Å²) in [6.07, 6.45) is 1.57. The van der Waals surface area contributed by atoms with E-state index in [-0.39, 0.29) is 24.9 Å². The van der Waals surface area contributed by atoms with Gasteiger partial charge in [-0.15, -0.1) is 0 Å². The van der Waals surface area contributed by atoms with Crippen molar-refractivity contribution in [2.45, 2.75) is 31.8 Å². The molecular weight excluding hydrogens is 338 g/mol. The fraction of sp³-hybridized carbons (Fsp3) is 0.643. The van der Waals surface area contributed by atoms with E-state index in [2.05, 4.69) is 4.99 Å². The molecule has 2 rings (SSSR count). The number of nitrogens with two attached hydrogens (primary N) is 1. The van der Waals surface area contributed by atoms with Gasteiger partial charge in [0.25, 0.3) is 0 Å². The van der Waals surface area contributed by atoms with Crippen molar-refractivity contribution in [3.63, 3.8) is 0 Å². The van der Waals surface area contributed by atoms with Crippen LogP contribution in [0.3, 0.4) is 0 Å². The molecule has 0 aromatic rings. The summed E-state index contributed by atoms with van der Waals surface area (Å²) in [5.74, 6) is -0.339. The van der Waals surface area contributed by atoms with Crippen LogP contribution in [0.1, 0.15) is 26.2 Å². The molecule has 2 unspecified atom stereocenters. The lowest BCUT2D eigenvalue weighted by molar-refractivity contribution is -0.696. The summed E-state index contributed by atoms with van der Waals surface area (Å²) >= 11 is 6.32. The van der Waals surface area contributed by atoms with Gasteiger partial charge in [-0.3, -0.25) is 0 Å². The van der Waals surface area contributed by atoms with Gasteiger partial charge in [-0.2, -0.15) is 4.99 Å². The van der Waals surface area contributed by atoms with Crippen molar-refractivity contribution >= 4 is 29.4 Å². The smallest absolute Gasteiger partial charge is 0.371 e. The molecule has 0 aromatic carbocycles. The van der Waals surface area contributed by atoms with Crippen LogP contribution in [0, 0.1) is 0 Å². The van der Waals surface area contributed by atoms with Crippen LogP contribution in [-0.4, -0.2) is 65.6 Å². The molecule has 1 amide bonds. The second-order valence-electron chi connectivity index (χ2n) is 5.39. The molecule has 2 aliphatic rings. The fourth-order valence-electron chi connectivity index (χ4n) is 2.19. The maximum atomic E-state index is 12.2. The van der Waals surface area contributed by atoms with Crippen LogP contribution in [0.25, 0.3) is 0 Å². The Morgan fingerprint density at radius 3 is 2.58 bits per heavy atom. The van der Waals surface area contributed by atoms with Gasteiger partial charge in [-0.05, 0) is 19.3 Å². The van der Waals surface area contributed by atoms with Gasteiger partial charge >= 0.3 is 11.9 Å². The first-order valence-electron chi connectivity index (χ1n) is 7.67. The van der Waals surface area contributed by atoms with Gasteiger partial charge in [-0.1, -0.05) is 18.5 Å². The van der Waals surface area contributed by atoms with Crippen LogP contribution in [0.5, 0.6) is 0 Å². The maximum absolute atomic E-state index is 12.2. The average molecular weight is 362 g/mol. The van der Waals surface area contributed by atoms with Gasteiger partial charge in [0, 0.05) is 26.2 Å². The summed E-state index contributed by atoms with van der Waals surface area (Å²) in [6, 6.07) is 0. The number of carboxylic acids is 1. The molecule has 24 heavy (non-hydrogen) atoms. The number of aliphatic hydroxyl groups excluding tert-OH is 1. The molecule has 2 atom stereocenters. The largest absolute Gasteiger partial charge is 0.550 e. The zero-order valence-corrected chi connectivity index (χ0v) is 14.8. The topological polar surface area (TPSA) is 127 Å². The Labute approximate surface area is 146 Å². The number of carboxylic acid groups (broad SMARTS) is 1. The molecule has 0 fully saturated rings. The Morgan fingerprint density at radius 1 is 1.50 bits per heavy atom. The Morgan fingerprint density at radius 2 is 2.08 bits per heavy atom. The molecule has 0 radical (unpaired) electrons. The van der Waals surface area contributed by atoms with E-state index in [0.29, 0.717) is 29.4 Å². The number of carbonyl (C=O) groups is 2. The van der Waals surface area contributed by atoms with E-state index in [9.17, 15) is 14.7 Å². The number of aliphatic carboxylic acids is 1. The number of nitrogens with zero attached hydrogens (tertiary/aromatic N) is 3. The highest BCUT2D eigenvalue weighted by Crippen LogP contribution is 2.31. The number of hydrogen-bond donors (Lipinski definition) is 3. The van der Waals surface area contributed by atoms with E-state index in [0.717, 1.165) is 6.42 Å². The van der Waals surface area contributed by atoms with E-state index in [1.807, 2.05) is 4.90 Å². The van der Waals surface area contributed by atoms with Gasteiger partial charge in [0.1, 0.15) is 0 Å². The predicted octanol–water partition coefficient (Wildman–Crippen LogP) is -2.79. The number of aliphatic imine (C=N–C) groups is 1. The minimum Gasteiger partial charge on any atom is -0.550 e. The van der Waals surface area contributed by atoms with Crippen LogP contribution in [0.4, 0.5) is 0 Å². The quantitative estimate of drug-likeness (QED) is 0.274. The third kappa shape index (κ3) is 4.37. The number of alkyl halides is 1. The number of unbranched alkanes of at least 4 members (excludes halogenated alkanes) is 1. The van der Waals surface area contributed by atoms with Crippen molar-refractivity contribution in [1.29, 1.82) is 0 Å². The number of rotatable bonds is 5. The molecule has 0 saturated heterocycles. The third-order valence-corrected chi connectivity index (χ3v) is 4.20. The van der Waals surface area contributed by atoms with Crippen molar-refractivity contribution in [1.82, 2.24) is 9.80 Å². The lowest BCUT2D eigenvalue weighted by Gasteiger charge is -2.25. The standard InChI is InChI=1S/C11H18ClN5O2.C3H6O2/c1-15-7-8(14-11(13)16(2)9(7)19)17(10(15)12)5-3-4-6-18;1-2-3(4)5/h10,18H,3-6H2,1-2H3,(H2,13,14);2H2,1H3,(H,4,5). The molecule has 0 aromatic heterocycles. The van der Waals surface area contributed by atoms with Gasteiger partial charge in [0.05, 0.1) is 7.05 Å². The summed E-state index contributed by atoms with van der Waals surface area (Å²) in [5.41, 5.74) is 5.81. The van der Waals surface area contributed by atoms with Crippen molar-refractivity contribution in [2.24, 2.45) is 10.7 Å². The summed E-state index contributed by atoms with van der Waals surface area (Å²) in [7, 11) is 3.43. The summed E-state index contributed by atoms with van der Waals surface area (Å²) < 4.78 is 0. The molecule has 10 heteroatoms. The molecule has 9 nitrogen and oxygen atoms in total. The second kappa shape index (κ2) is 8.86. The number of hydrogen-bond acceptors (Lipinski definition) is 8. The molecule has 2 aliphatic heterocycles. The maximum Gasteiger partial charge on any atom is 0.371 e. The van der Waals surface area contributed by atoms with Crippen molar-refractivity contribution in [3.8, 4) is 0 Å². The van der Waals surface area contributed by atoms with Gasteiger partial charge < -0.3 is 30.5 Å². The van der Waals surface area contributed by atoms with E-state index in [1.54, 1.807) is 19.0 Å². The highest BCUT2D eigenvalue weighted by Gasteiger charge is 2.45. The van der Waals surface area contributed by atoms with Crippen LogP contribution >= 0.6 is 11.6 Å². The van der Waals surface area contributed by atoms with E-state index in [1.165, 1.54) is 6.92 Å². The summed E-state index contributed by atoms with van der Waals surface area (Å²) in [4.78, 5) is 29.8. The second-order valence-corrected chi connectivity index (χ2v) is 5.78. The Kier molecular flexibility index (Phi) is 7.46. The van der Waals surface area contributed by atoms with Crippen LogP contribution < -0.4 is 15.7 Å².